The molecule has 1 aliphatic heterocycles. The molecule has 3 heterocycles. The Kier molecular flexibility index (Phi) is 5.90. The molecule has 0 aliphatic carbocycles. The summed E-state index contributed by atoms with van der Waals surface area (Å²) in [7, 11) is 0. The number of oxazole rings is 1. The Hall–Kier alpha value is -3.00. The van der Waals surface area contributed by atoms with E-state index in [9.17, 15) is 9.90 Å². The maximum atomic E-state index is 12.4. The van der Waals surface area contributed by atoms with Gasteiger partial charge in [0.25, 0.3) is 6.01 Å². The number of aromatic nitrogens is 2. The summed E-state index contributed by atoms with van der Waals surface area (Å²) in [6, 6.07) is 7.15. The fraction of sp³-hybridized carbons (Fsp3) is 0.435. The van der Waals surface area contributed by atoms with Crippen molar-refractivity contribution in [3.8, 4) is 17.0 Å². The van der Waals surface area contributed by atoms with Gasteiger partial charge in [-0.15, -0.1) is 0 Å². The highest BCUT2D eigenvalue weighted by Crippen LogP contribution is 2.35. The zero-order valence-electron chi connectivity index (χ0n) is 18.6. The van der Waals surface area contributed by atoms with Gasteiger partial charge >= 0.3 is 6.09 Å². The highest BCUT2D eigenvalue weighted by Gasteiger charge is 2.28. The maximum absolute atomic E-state index is 12.4. The number of ether oxygens (including phenoxy) is 1. The number of aromatic hydroxyl groups is 1. The van der Waals surface area contributed by atoms with E-state index in [0.29, 0.717) is 46.6 Å². The van der Waals surface area contributed by atoms with Gasteiger partial charge in [-0.05, 0) is 70.4 Å². The molecule has 1 aromatic carbocycles. The van der Waals surface area contributed by atoms with Gasteiger partial charge in [-0.25, -0.2) is 9.78 Å². The third-order valence-corrected chi connectivity index (χ3v) is 5.41. The molecule has 2 N–H and O–H groups in total. The molecule has 170 valence electrons. The zero-order valence-corrected chi connectivity index (χ0v) is 19.4. The lowest BCUT2D eigenvalue weighted by Crippen LogP contribution is -2.47. The number of nitrogens with zero attached hydrogens (tertiary/aromatic N) is 3. The number of phenolic OH excluding ortho intramolecular Hbond substituents is 1. The summed E-state index contributed by atoms with van der Waals surface area (Å²) in [4.78, 5) is 23.1. The first-order valence-corrected chi connectivity index (χ1v) is 11.0. The number of aryl methyl sites for hydroxylation is 1. The van der Waals surface area contributed by atoms with Crippen molar-refractivity contribution in [2.45, 2.75) is 52.2 Å². The molecule has 4 rings (SSSR count). The lowest BCUT2D eigenvalue weighted by molar-refractivity contribution is 0.0205. The van der Waals surface area contributed by atoms with Gasteiger partial charge in [0.1, 0.15) is 11.4 Å². The summed E-state index contributed by atoms with van der Waals surface area (Å²) in [5.41, 5.74) is 2.43. The molecule has 1 saturated heterocycles. The second kappa shape index (κ2) is 8.50. The largest absolute Gasteiger partial charge is 0.507 e. The molecule has 1 amide bonds. The van der Waals surface area contributed by atoms with Crippen LogP contribution < -0.4 is 5.32 Å². The highest BCUT2D eigenvalue weighted by molar-refractivity contribution is 6.31. The number of amides is 1. The van der Waals surface area contributed by atoms with Gasteiger partial charge < -0.3 is 24.5 Å². The summed E-state index contributed by atoms with van der Waals surface area (Å²) in [5.74, 6) is 0.0631. The standard InChI is InChI=1S/C23H27ClN4O4/c1-13-10-14(24)11-17(29)19(13)16-7-8-18-20(26-16)27-21(31-18)25-15-6-5-9-28(12-15)22(30)32-23(2,3)4/h7-8,10-11,15,29H,5-6,9,12H2,1-4H3,(H,25,26,27)/t15-/m1/s1. The van der Waals surface area contributed by atoms with Gasteiger partial charge in [0.2, 0.25) is 5.65 Å². The van der Waals surface area contributed by atoms with Crippen LogP contribution in [-0.2, 0) is 4.74 Å². The van der Waals surface area contributed by atoms with E-state index in [1.54, 1.807) is 23.1 Å². The van der Waals surface area contributed by atoms with E-state index in [2.05, 4.69) is 15.3 Å². The highest BCUT2D eigenvalue weighted by atomic mass is 35.5. The molecule has 1 aliphatic rings. The number of likely N-dealkylation sites (tertiary alicyclic amines) is 1. The third kappa shape index (κ3) is 4.91. The van der Waals surface area contributed by atoms with Crippen LogP contribution in [0, 0.1) is 6.92 Å². The Morgan fingerprint density at radius 2 is 2.09 bits per heavy atom. The van der Waals surface area contributed by atoms with E-state index in [1.165, 1.54) is 6.07 Å². The molecule has 8 nitrogen and oxygen atoms in total. The van der Waals surface area contributed by atoms with E-state index >= 15 is 0 Å². The summed E-state index contributed by atoms with van der Waals surface area (Å²) >= 11 is 6.01. The number of halogens is 1. The number of carbonyl (C=O) groups excluding carboxylic acids is 1. The van der Waals surface area contributed by atoms with Gasteiger partial charge in [-0.1, -0.05) is 11.6 Å². The summed E-state index contributed by atoms with van der Waals surface area (Å²) < 4.78 is 11.3. The quantitative estimate of drug-likeness (QED) is 0.544. The molecule has 0 unspecified atom stereocenters. The van der Waals surface area contributed by atoms with Gasteiger partial charge in [0.05, 0.1) is 5.69 Å². The minimum Gasteiger partial charge on any atom is -0.507 e. The number of hydrogen-bond acceptors (Lipinski definition) is 7. The van der Waals surface area contributed by atoms with Crippen LogP contribution >= 0.6 is 11.6 Å². The lowest BCUT2D eigenvalue weighted by atomic mass is 10.0. The number of fused-ring (bicyclic) bond motifs is 1. The fourth-order valence-electron chi connectivity index (χ4n) is 3.84. The Bertz CT molecular complexity index is 1130. The maximum Gasteiger partial charge on any atom is 0.410 e. The van der Waals surface area contributed by atoms with Crippen molar-refractivity contribution >= 4 is 34.9 Å². The second-order valence-electron chi connectivity index (χ2n) is 9.06. The van der Waals surface area contributed by atoms with Crippen molar-refractivity contribution in [1.82, 2.24) is 14.9 Å². The number of hydrogen-bond donors (Lipinski definition) is 2. The molecule has 1 fully saturated rings. The molecule has 0 spiro atoms. The molecule has 1 atom stereocenters. The topological polar surface area (TPSA) is 101 Å². The number of benzene rings is 1. The van der Waals surface area contributed by atoms with E-state index in [1.807, 2.05) is 27.7 Å². The van der Waals surface area contributed by atoms with Crippen molar-refractivity contribution in [3.05, 3.63) is 34.9 Å². The van der Waals surface area contributed by atoms with Gasteiger partial charge in [0.15, 0.2) is 5.58 Å². The Morgan fingerprint density at radius 1 is 1.31 bits per heavy atom. The predicted octanol–water partition coefficient (Wildman–Crippen LogP) is 5.37. The van der Waals surface area contributed by atoms with Gasteiger partial charge in [-0.3, -0.25) is 0 Å². The van der Waals surface area contributed by atoms with E-state index in [4.69, 9.17) is 20.8 Å². The molecule has 0 radical (unpaired) electrons. The molecule has 0 bridgehead atoms. The van der Waals surface area contributed by atoms with Crippen LogP contribution in [0.4, 0.5) is 10.8 Å². The van der Waals surface area contributed by atoms with Crippen LogP contribution in [-0.4, -0.2) is 50.8 Å². The normalized spacial score (nSPS) is 16.9. The Morgan fingerprint density at radius 3 is 2.81 bits per heavy atom. The Labute approximate surface area is 191 Å². The smallest absolute Gasteiger partial charge is 0.410 e. The number of phenols is 1. The molecule has 3 aromatic rings. The molecular weight excluding hydrogens is 432 g/mol. The summed E-state index contributed by atoms with van der Waals surface area (Å²) in [5, 5.41) is 14.1. The number of pyridine rings is 1. The first kappa shape index (κ1) is 22.2. The van der Waals surface area contributed by atoms with Crippen LogP contribution in [0.3, 0.4) is 0 Å². The Balaban J connectivity index is 1.51. The predicted molar refractivity (Wildman–Crippen MR) is 123 cm³/mol. The number of anilines is 1. The zero-order chi connectivity index (χ0) is 23.0. The van der Waals surface area contributed by atoms with Crippen molar-refractivity contribution in [1.29, 1.82) is 0 Å². The molecular formula is C23H27ClN4O4. The number of carbonyl (C=O) groups is 1. The van der Waals surface area contributed by atoms with E-state index in [0.717, 1.165) is 18.4 Å². The fourth-order valence-corrected chi connectivity index (χ4v) is 4.11. The number of piperidine rings is 1. The lowest BCUT2D eigenvalue weighted by Gasteiger charge is -2.34. The first-order valence-electron chi connectivity index (χ1n) is 10.6. The molecule has 32 heavy (non-hydrogen) atoms. The monoisotopic (exact) mass is 458 g/mol. The first-order chi connectivity index (χ1) is 15.1. The molecule has 9 heteroatoms. The summed E-state index contributed by atoms with van der Waals surface area (Å²) in [6.07, 6.45) is 1.43. The SMILES string of the molecule is Cc1cc(Cl)cc(O)c1-c1ccc2oc(N[C@@H]3CCCN(C(=O)OC(C)(C)C)C3)nc2n1. The van der Waals surface area contributed by atoms with Gasteiger partial charge in [0, 0.05) is 29.7 Å². The minimum absolute atomic E-state index is 0.00800. The van der Waals surface area contributed by atoms with Crippen molar-refractivity contribution in [2.75, 3.05) is 18.4 Å². The van der Waals surface area contributed by atoms with Gasteiger partial charge in [-0.2, -0.15) is 4.98 Å². The summed E-state index contributed by atoms with van der Waals surface area (Å²) in [6.45, 7) is 8.60. The van der Waals surface area contributed by atoms with Crippen molar-refractivity contribution < 1.29 is 19.1 Å². The van der Waals surface area contributed by atoms with Crippen LogP contribution in [0.5, 0.6) is 5.75 Å². The van der Waals surface area contributed by atoms with Crippen LogP contribution in [0.25, 0.3) is 22.5 Å². The van der Waals surface area contributed by atoms with Crippen molar-refractivity contribution in [3.63, 3.8) is 0 Å². The average molecular weight is 459 g/mol. The van der Waals surface area contributed by atoms with Crippen LogP contribution in [0.1, 0.15) is 39.2 Å². The van der Waals surface area contributed by atoms with Crippen molar-refractivity contribution in [2.24, 2.45) is 0 Å². The molecule has 2 aromatic heterocycles. The van der Waals surface area contributed by atoms with Crippen LogP contribution in [0.2, 0.25) is 5.02 Å². The minimum atomic E-state index is -0.530. The van der Waals surface area contributed by atoms with Crippen LogP contribution in [0.15, 0.2) is 28.7 Å². The van der Waals surface area contributed by atoms with E-state index in [-0.39, 0.29) is 17.9 Å². The van der Waals surface area contributed by atoms with E-state index < -0.39 is 5.60 Å². The average Bonchev–Trinajstić information content (AvgIpc) is 3.07. The number of rotatable bonds is 3. The second-order valence-corrected chi connectivity index (χ2v) is 9.50. The number of nitrogens with one attached hydrogen (secondary N) is 1. The molecule has 0 saturated carbocycles. The third-order valence-electron chi connectivity index (χ3n) is 5.19.